The zero-order valence-electron chi connectivity index (χ0n) is 9.89. The van der Waals surface area contributed by atoms with Crippen LogP contribution in [-0.2, 0) is 10.0 Å². The van der Waals surface area contributed by atoms with Crippen molar-refractivity contribution in [3.8, 4) is 0 Å². The van der Waals surface area contributed by atoms with Gasteiger partial charge in [0.25, 0.3) is 10.0 Å². The lowest BCUT2D eigenvalue weighted by Gasteiger charge is -2.09. The zero-order valence-corrected chi connectivity index (χ0v) is 13.1. The van der Waals surface area contributed by atoms with Gasteiger partial charge in [0.05, 0.1) is 11.9 Å². The first-order valence-corrected chi connectivity index (χ1v) is 7.94. The molecule has 0 aliphatic carbocycles. The molecule has 1 heterocycles. The van der Waals surface area contributed by atoms with E-state index in [4.69, 9.17) is 11.6 Å². The highest BCUT2D eigenvalue weighted by Gasteiger charge is 2.17. The molecule has 19 heavy (non-hydrogen) atoms. The molecule has 0 aliphatic heterocycles. The maximum Gasteiger partial charge on any atom is 0.263 e. The van der Waals surface area contributed by atoms with Crippen molar-refractivity contribution < 1.29 is 8.42 Å². The number of aromatic nitrogens is 1. The second kappa shape index (κ2) is 5.48. The van der Waals surface area contributed by atoms with E-state index in [0.717, 1.165) is 5.56 Å². The molecule has 4 nitrogen and oxygen atoms in total. The minimum Gasteiger partial charge on any atom is -0.278 e. The van der Waals surface area contributed by atoms with Crippen molar-refractivity contribution in [3.05, 3.63) is 51.7 Å². The molecule has 0 aliphatic rings. The van der Waals surface area contributed by atoms with Crippen molar-refractivity contribution in [1.29, 1.82) is 0 Å². The molecule has 0 unspecified atom stereocenters. The number of hydrogen-bond acceptors (Lipinski definition) is 3. The van der Waals surface area contributed by atoms with E-state index >= 15 is 0 Å². The topological polar surface area (TPSA) is 59.1 Å². The first-order valence-electron chi connectivity index (χ1n) is 5.29. The van der Waals surface area contributed by atoms with Gasteiger partial charge in [-0.05, 0) is 52.7 Å². The van der Waals surface area contributed by atoms with Gasteiger partial charge < -0.3 is 0 Å². The number of nitrogens with one attached hydrogen (secondary N) is 1. The van der Waals surface area contributed by atoms with Crippen LogP contribution in [0.1, 0.15) is 5.56 Å². The van der Waals surface area contributed by atoms with Gasteiger partial charge in [-0.2, -0.15) is 0 Å². The summed E-state index contributed by atoms with van der Waals surface area (Å²) in [6, 6.07) is 8.10. The van der Waals surface area contributed by atoms with Crippen LogP contribution in [0.5, 0.6) is 0 Å². The summed E-state index contributed by atoms with van der Waals surface area (Å²) in [5, 5.41) is 0.305. The van der Waals surface area contributed by atoms with Crippen molar-refractivity contribution in [2.45, 2.75) is 11.8 Å². The predicted molar refractivity (Wildman–Crippen MR) is 78.9 cm³/mol. The van der Waals surface area contributed by atoms with Crippen LogP contribution in [0.15, 0.2) is 45.9 Å². The molecule has 1 N–H and O–H groups in total. The molecule has 0 atom stereocenters. The van der Waals surface area contributed by atoms with Crippen molar-refractivity contribution in [3.63, 3.8) is 0 Å². The van der Waals surface area contributed by atoms with Crippen LogP contribution >= 0.6 is 27.5 Å². The van der Waals surface area contributed by atoms with Crippen molar-refractivity contribution in [2.24, 2.45) is 0 Å². The number of pyridine rings is 1. The van der Waals surface area contributed by atoms with E-state index < -0.39 is 10.0 Å². The van der Waals surface area contributed by atoms with Crippen LogP contribution in [0.25, 0.3) is 0 Å². The minimum atomic E-state index is -3.65. The Morgan fingerprint density at radius 3 is 2.58 bits per heavy atom. The van der Waals surface area contributed by atoms with Gasteiger partial charge in [0.15, 0.2) is 0 Å². The fraction of sp³-hybridized carbons (Fsp3) is 0.0833. The number of halogens is 2. The molecule has 0 fully saturated rings. The van der Waals surface area contributed by atoms with Gasteiger partial charge in [0.2, 0.25) is 0 Å². The van der Waals surface area contributed by atoms with Gasteiger partial charge in [0, 0.05) is 4.47 Å². The molecule has 0 radical (unpaired) electrons. The van der Waals surface area contributed by atoms with E-state index in [1.54, 1.807) is 24.3 Å². The Morgan fingerprint density at radius 2 is 2.00 bits per heavy atom. The molecule has 7 heteroatoms. The normalized spacial score (nSPS) is 11.3. The molecule has 100 valence electrons. The summed E-state index contributed by atoms with van der Waals surface area (Å²) < 4.78 is 27.4. The SMILES string of the molecule is Cc1ccc(S(=O)(=O)Nc2ccc(Cl)nc2)c(Br)c1. The van der Waals surface area contributed by atoms with E-state index in [2.05, 4.69) is 25.6 Å². The third-order valence-electron chi connectivity index (χ3n) is 2.36. The van der Waals surface area contributed by atoms with Gasteiger partial charge in [-0.15, -0.1) is 0 Å². The van der Waals surface area contributed by atoms with Gasteiger partial charge in [-0.3, -0.25) is 4.72 Å². The number of sulfonamides is 1. The summed E-state index contributed by atoms with van der Waals surface area (Å²) in [6.45, 7) is 1.89. The minimum absolute atomic E-state index is 0.174. The molecule has 0 saturated heterocycles. The third-order valence-corrected chi connectivity index (χ3v) is 4.94. The second-order valence-corrected chi connectivity index (χ2v) is 6.80. The maximum absolute atomic E-state index is 12.2. The summed E-state index contributed by atoms with van der Waals surface area (Å²) >= 11 is 8.90. The Morgan fingerprint density at radius 1 is 1.26 bits per heavy atom. The molecular weight excluding hydrogens is 352 g/mol. The smallest absolute Gasteiger partial charge is 0.263 e. The van der Waals surface area contributed by atoms with E-state index in [1.807, 2.05) is 6.92 Å². The fourth-order valence-corrected chi connectivity index (χ4v) is 3.82. The van der Waals surface area contributed by atoms with Gasteiger partial charge >= 0.3 is 0 Å². The van der Waals surface area contributed by atoms with Crippen LogP contribution in [0, 0.1) is 6.92 Å². The van der Waals surface area contributed by atoms with E-state index in [9.17, 15) is 8.42 Å². The van der Waals surface area contributed by atoms with Gasteiger partial charge in [-0.1, -0.05) is 17.7 Å². The van der Waals surface area contributed by atoms with Crippen LogP contribution in [0.4, 0.5) is 5.69 Å². The molecule has 1 aromatic carbocycles. The molecule has 0 bridgehead atoms. The van der Waals surface area contributed by atoms with Crippen molar-refractivity contribution >= 4 is 43.2 Å². The average molecular weight is 362 g/mol. The molecule has 0 saturated carbocycles. The highest BCUT2D eigenvalue weighted by Crippen LogP contribution is 2.25. The molecule has 0 amide bonds. The Bertz CT molecular complexity index is 702. The predicted octanol–water partition coefficient (Wildman–Crippen LogP) is 3.61. The fourth-order valence-electron chi connectivity index (χ4n) is 1.47. The van der Waals surface area contributed by atoms with Gasteiger partial charge in [-0.25, -0.2) is 13.4 Å². The second-order valence-electron chi connectivity index (χ2n) is 3.91. The molecule has 0 spiro atoms. The van der Waals surface area contributed by atoms with Crippen molar-refractivity contribution in [2.75, 3.05) is 4.72 Å². The lowest BCUT2D eigenvalue weighted by molar-refractivity contribution is 0.600. The number of rotatable bonds is 3. The summed E-state index contributed by atoms with van der Waals surface area (Å²) in [5.74, 6) is 0. The van der Waals surface area contributed by atoms with E-state index in [0.29, 0.717) is 15.3 Å². The monoisotopic (exact) mass is 360 g/mol. The van der Waals surface area contributed by atoms with E-state index in [-0.39, 0.29) is 4.90 Å². The summed E-state index contributed by atoms with van der Waals surface area (Å²) in [7, 11) is -3.65. The zero-order chi connectivity index (χ0) is 14.0. The summed E-state index contributed by atoms with van der Waals surface area (Å²) in [5.41, 5.74) is 1.33. The number of benzene rings is 1. The molecule has 1 aromatic heterocycles. The van der Waals surface area contributed by atoms with E-state index in [1.165, 1.54) is 12.3 Å². The number of nitrogens with zero attached hydrogens (tertiary/aromatic N) is 1. The van der Waals surface area contributed by atoms with Crippen LogP contribution in [-0.4, -0.2) is 13.4 Å². The average Bonchev–Trinajstić information content (AvgIpc) is 2.31. The lowest BCUT2D eigenvalue weighted by Crippen LogP contribution is -2.13. The summed E-state index contributed by atoms with van der Waals surface area (Å²) in [4.78, 5) is 3.99. The Balaban J connectivity index is 2.35. The molecular formula is C12H10BrClN2O2S. The maximum atomic E-state index is 12.2. The highest BCUT2D eigenvalue weighted by atomic mass is 79.9. The number of aryl methyl sites for hydroxylation is 1. The Kier molecular flexibility index (Phi) is 4.13. The highest BCUT2D eigenvalue weighted by molar-refractivity contribution is 9.10. The van der Waals surface area contributed by atoms with Crippen LogP contribution < -0.4 is 4.72 Å². The first-order chi connectivity index (χ1) is 8.88. The quantitative estimate of drug-likeness (QED) is 0.850. The Hall–Kier alpha value is -1.11. The third kappa shape index (κ3) is 3.46. The van der Waals surface area contributed by atoms with Crippen LogP contribution in [0.2, 0.25) is 5.15 Å². The largest absolute Gasteiger partial charge is 0.278 e. The lowest BCUT2D eigenvalue weighted by atomic mass is 10.2. The standard InChI is InChI=1S/C12H10BrClN2O2S/c1-8-2-4-11(10(13)6-8)19(17,18)16-9-3-5-12(14)15-7-9/h2-7,16H,1H3. The molecule has 2 aromatic rings. The van der Waals surface area contributed by atoms with Gasteiger partial charge in [0.1, 0.15) is 10.0 Å². The van der Waals surface area contributed by atoms with Crippen LogP contribution in [0.3, 0.4) is 0 Å². The Labute approximate surface area is 125 Å². The van der Waals surface area contributed by atoms with Crippen molar-refractivity contribution in [1.82, 2.24) is 4.98 Å². The first kappa shape index (κ1) is 14.3. The number of hydrogen-bond donors (Lipinski definition) is 1. The molecule has 2 rings (SSSR count). The summed E-state index contributed by atoms with van der Waals surface area (Å²) in [6.07, 6.45) is 1.36. The number of anilines is 1.